The number of pyridine rings is 1. The molecule has 1 heterocycles. The lowest BCUT2D eigenvalue weighted by molar-refractivity contribution is -0.138. The molecule has 1 aromatic heterocycles. The minimum absolute atomic E-state index is 0.0423. The summed E-state index contributed by atoms with van der Waals surface area (Å²) in [6, 6.07) is 6.47. The number of anilines is 1. The third-order valence-electron chi connectivity index (χ3n) is 5.62. The number of halogens is 5. The molecule has 0 radical (unpaired) electrons. The van der Waals surface area contributed by atoms with E-state index in [-0.39, 0.29) is 47.1 Å². The summed E-state index contributed by atoms with van der Waals surface area (Å²) in [4.78, 5) is 42.2. The fraction of sp³-hybridized carbons (Fsp3) is 0.259. The van der Waals surface area contributed by atoms with Gasteiger partial charge < -0.3 is 18.9 Å². The number of carbonyl (C=O) groups excluding carboxylic acids is 3. The van der Waals surface area contributed by atoms with E-state index in [9.17, 15) is 31.9 Å². The van der Waals surface area contributed by atoms with Crippen LogP contribution in [0.3, 0.4) is 0 Å². The molecule has 0 bridgehead atoms. The molecule has 41 heavy (non-hydrogen) atoms. The first-order chi connectivity index (χ1) is 19.4. The number of alkyl halides is 3. The van der Waals surface area contributed by atoms with Crippen molar-refractivity contribution in [3.05, 3.63) is 81.8 Å². The number of aldehydes is 1. The van der Waals surface area contributed by atoms with Crippen LogP contribution in [0.15, 0.2) is 48.7 Å². The van der Waals surface area contributed by atoms with Crippen molar-refractivity contribution >= 4 is 35.5 Å². The number of ether oxygens (including phenoxy) is 4. The van der Waals surface area contributed by atoms with Crippen molar-refractivity contribution < 1.29 is 50.9 Å². The second kappa shape index (κ2) is 13.5. The number of esters is 1. The molecule has 0 aliphatic carbocycles. The quantitative estimate of drug-likeness (QED) is 0.160. The van der Waals surface area contributed by atoms with Gasteiger partial charge in [-0.1, -0.05) is 11.6 Å². The lowest BCUT2D eigenvalue weighted by Gasteiger charge is -2.32. The normalized spacial score (nSPS) is 11.3. The molecule has 0 saturated carbocycles. The topological polar surface area (TPSA) is 104 Å². The maximum absolute atomic E-state index is 14.8. The van der Waals surface area contributed by atoms with Crippen molar-refractivity contribution in [1.29, 1.82) is 0 Å². The van der Waals surface area contributed by atoms with Crippen molar-refractivity contribution in [2.45, 2.75) is 12.2 Å². The van der Waals surface area contributed by atoms with E-state index in [1.807, 2.05) is 0 Å². The summed E-state index contributed by atoms with van der Waals surface area (Å²) >= 11 is 5.83. The highest BCUT2D eigenvalue weighted by molar-refractivity contribution is 6.30. The molecule has 0 N–H and O–H groups in total. The number of carbonyl (C=O) groups is 3. The summed E-state index contributed by atoms with van der Waals surface area (Å²) in [6.45, 7) is -0.231. The molecule has 0 spiro atoms. The Kier molecular flexibility index (Phi) is 10.4. The standard InChI is InChI=1S/C27H23ClF4N2O7/c1-38-13-17(14-39-2)34(25(36)19-6-4-16(28)9-22(19)29)23-7-5-18(10-20(23)26(37)40-3)41-24-21(27(30,31)32)8-15(12-35)11-33-24/h4-12,17H,13-14H2,1-3H3. The van der Waals surface area contributed by atoms with Gasteiger partial charge in [0, 0.05) is 31.0 Å². The maximum atomic E-state index is 14.8. The number of aromatic nitrogens is 1. The molecule has 218 valence electrons. The summed E-state index contributed by atoms with van der Waals surface area (Å²) in [5.41, 5.74) is -2.48. The number of hydrogen-bond acceptors (Lipinski definition) is 8. The van der Waals surface area contributed by atoms with E-state index in [2.05, 4.69) is 4.98 Å². The number of nitrogens with zero attached hydrogens (tertiary/aromatic N) is 2. The van der Waals surface area contributed by atoms with Gasteiger partial charge in [-0.3, -0.25) is 14.5 Å². The first-order valence-corrected chi connectivity index (χ1v) is 12.0. The van der Waals surface area contributed by atoms with Crippen molar-refractivity contribution in [2.75, 3.05) is 39.4 Å². The highest BCUT2D eigenvalue weighted by Crippen LogP contribution is 2.38. The average Bonchev–Trinajstić information content (AvgIpc) is 2.93. The lowest BCUT2D eigenvalue weighted by Crippen LogP contribution is -2.46. The Labute approximate surface area is 236 Å². The van der Waals surface area contributed by atoms with Gasteiger partial charge in [-0.25, -0.2) is 14.2 Å². The van der Waals surface area contributed by atoms with Gasteiger partial charge in [0.2, 0.25) is 5.88 Å². The third kappa shape index (κ3) is 7.37. The fourth-order valence-electron chi connectivity index (χ4n) is 3.84. The smallest absolute Gasteiger partial charge is 0.421 e. The monoisotopic (exact) mass is 598 g/mol. The minimum atomic E-state index is -4.92. The summed E-state index contributed by atoms with van der Waals surface area (Å²) in [5.74, 6) is -4.01. The number of hydrogen-bond donors (Lipinski definition) is 0. The van der Waals surface area contributed by atoms with Gasteiger partial charge in [0.15, 0.2) is 6.29 Å². The van der Waals surface area contributed by atoms with Crippen LogP contribution in [-0.2, 0) is 20.4 Å². The second-order valence-electron chi connectivity index (χ2n) is 8.37. The number of benzene rings is 2. The Hall–Kier alpha value is -4.07. The zero-order valence-corrected chi connectivity index (χ0v) is 22.6. The van der Waals surface area contributed by atoms with Crippen LogP contribution in [0.2, 0.25) is 5.02 Å². The maximum Gasteiger partial charge on any atom is 0.421 e. The van der Waals surface area contributed by atoms with Crippen molar-refractivity contribution in [3.63, 3.8) is 0 Å². The van der Waals surface area contributed by atoms with Crippen LogP contribution in [0.1, 0.15) is 36.6 Å². The van der Waals surface area contributed by atoms with Crippen LogP contribution in [0, 0.1) is 5.82 Å². The van der Waals surface area contributed by atoms with E-state index >= 15 is 0 Å². The van der Waals surface area contributed by atoms with Crippen LogP contribution in [0.4, 0.5) is 23.2 Å². The molecule has 0 atom stereocenters. The third-order valence-corrected chi connectivity index (χ3v) is 5.86. The first-order valence-electron chi connectivity index (χ1n) is 11.6. The van der Waals surface area contributed by atoms with E-state index < -0.39 is 46.9 Å². The highest BCUT2D eigenvalue weighted by atomic mass is 35.5. The molecule has 3 rings (SSSR count). The van der Waals surface area contributed by atoms with Gasteiger partial charge in [-0.2, -0.15) is 13.2 Å². The zero-order chi connectivity index (χ0) is 30.3. The lowest BCUT2D eigenvalue weighted by atomic mass is 10.1. The predicted octanol–water partition coefficient (Wildman–Crippen LogP) is 5.59. The Bertz CT molecular complexity index is 1430. The van der Waals surface area contributed by atoms with E-state index in [0.29, 0.717) is 6.07 Å². The SMILES string of the molecule is COCC(COC)N(C(=O)c1ccc(Cl)cc1F)c1ccc(Oc2ncc(C=O)cc2C(F)(F)F)cc1C(=O)OC. The zero-order valence-electron chi connectivity index (χ0n) is 21.8. The number of rotatable bonds is 11. The Morgan fingerprint density at radius 3 is 2.27 bits per heavy atom. The van der Waals surface area contributed by atoms with Gasteiger partial charge in [-0.15, -0.1) is 0 Å². The van der Waals surface area contributed by atoms with E-state index in [1.54, 1.807) is 0 Å². The van der Waals surface area contributed by atoms with Crippen molar-refractivity contribution in [1.82, 2.24) is 4.98 Å². The van der Waals surface area contributed by atoms with Crippen molar-refractivity contribution in [2.24, 2.45) is 0 Å². The van der Waals surface area contributed by atoms with Gasteiger partial charge in [0.25, 0.3) is 5.91 Å². The second-order valence-corrected chi connectivity index (χ2v) is 8.81. The molecular weight excluding hydrogens is 576 g/mol. The van der Waals surface area contributed by atoms with Crippen LogP contribution in [0.25, 0.3) is 0 Å². The highest BCUT2D eigenvalue weighted by Gasteiger charge is 2.36. The van der Waals surface area contributed by atoms with Gasteiger partial charge in [-0.05, 0) is 42.5 Å². The van der Waals surface area contributed by atoms with E-state index in [1.165, 1.54) is 32.4 Å². The summed E-state index contributed by atoms with van der Waals surface area (Å²) in [7, 11) is 3.76. The molecular formula is C27H23ClF4N2O7. The average molecular weight is 599 g/mol. The summed E-state index contributed by atoms with van der Waals surface area (Å²) < 4.78 is 76.3. The molecule has 0 saturated heterocycles. The van der Waals surface area contributed by atoms with E-state index in [4.69, 9.17) is 30.5 Å². The van der Waals surface area contributed by atoms with Crippen molar-refractivity contribution in [3.8, 4) is 11.6 Å². The van der Waals surface area contributed by atoms with Crippen LogP contribution in [-0.4, -0.2) is 63.7 Å². The molecule has 0 aliphatic heterocycles. The molecule has 9 nitrogen and oxygen atoms in total. The van der Waals surface area contributed by atoms with Crippen LogP contribution >= 0.6 is 11.6 Å². The largest absolute Gasteiger partial charge is 0.465 e. The molecule has 0 fully saturated rings. The molecule has 2 aromatic carbocycles. The summed E-state index contributed by atoms with van der Waals surface area (Å²) in [6.07, 6.45) is -3.85. The van der Waals surface area contributed by atoms with Gasteiger partial charge in [0.1, 0.15) is 17.1 Å². The molecule has 14 heteroatoms. The molecule has 0 aliphatic rings. The van der Waals surface area contributed by atoms with Crippen LogP contribution < -0.4 is 9.64 Å². The van der Waals surface area contributed by atoms with E-state index in [0.717, 1.165) is 36.4 Å². The minimum Gasteiger partial charge on any atom is -0.465 e. The predicted molar refractivity (Wildman–Crippen MR) is 138 cm³/mol. The van der Waals surface area contributed by atoms with Gasteiger partial charge >= 0.3 is 12.1 Å². The Balaban J connectivity index is 2.18. The Morgan fingerprint density at radius 2 is 1.71 bits per heavy atom. The van der Waals surface area contributed by atoms with Gasteiger partial charge in [0.05, 0.1) is 43.2 Å². The number of amides is 1. The fourth-order valence-corrected chi connectivity index (χ4v) is 4.00. The molecule has 1 amide bonds. The molecule has 3 aromatic rings. The summed E-state index contributed by atoms with van der Waals surface area (Å²) in [5, 5.41) is 0.0423. The Morgan fingerprint density at radius 1 is 1.02 bits per heavy atom. The first kappa shape index (κ1) is 31.5. The molecule has 0 unspecified atom stereocenters. The number of methoxy groups -OCH3 is 3. The van der Waals surface area contributed by atoms with Crippen LogP contribution in [0.5, 0.6) is 11.6 Å².